The predicted octanol–water partition coefficient (Wildman–Crippen LogP) is 2.08. The Morgan fingerprint density at radius 1 is 1.31 bits per heavy atom. The first-order chi connectivity index (χ1) is 12.5. The zero-order valence-corrected chi connectivity index (χ0v) is 14.6. The highest BCUT2D eigenvalue weighted by molar-refractivity contribution is 5.92. The van der Waals surface area contributed by atoms with E-state index in [4.69, 9.17) is 4.84 Å². The summed E-state index contributed by atoms with van der Waals surface area (Å²) in [6.07, 6.45) is 0.487. The zero-order chi connectivity index (χ0) is 18.3. The first kappa shape index (κ1) is 17.2. The van der Waals surface area contributed by atoms with Crippen LogP contribution in [0, 0.1) is 18.8 Å². The minimum Gasteiger partial charge on any atom is -0.390 e. The highest BCUT2D eigenvalue weighted by Gasteiger charge is 2.47. The number of oxime groups is 1. The molecule has 0 radical (unpaired) electrons. The quantitative estimate of drug-likeness (QED) is 0.824. The number of aryl methyl sites for hydroxylation is 1. The summed E-state index contributed by atoms with van der Waals surface area (Å²) in [6, 6.07) is 3.99. The molecule has 0 N–H and O–H groups in total. The smallest absolute Gasteiger partial charge is 0.280 e. The van der Waals surface area contributed by atoms with Gasteiger partial charge < -0.3 is 14.6 Å². The Morgan fingerprint density at radius 2 is 2.15 bits per heavy atom. The molecule has 2 saturated heterocycles. The third kappa shape index (κ3) is 3.12. The number of likely N-dealkylation sites (tertiary alicyclic amines) is 1. The number of alkyl halides is 2. The Bertz CT molecular complexity index is 710. The molecule has 8 heteroatoms. The molecule has 0 bridgehead atoms. The lowest BCUT2D eigenvalue weighted by Gasteiger charge is -2.34. The highest BCUT2D eigenvalue weighted by Crippen LogP contribution is 2.32. The minimum absolute atomic E-state index is 0.0217. The van der Waals surface area contributed by atoms with Crippen LogP contribution in [-0.4, -0.2) is 60.2 Å². The normalized spacial score (nSPS) is 28.2. The summed E-state index contributed by atoms with van der Waals surface area (Å²) in [7, 11) is 0. The lowest BCUT2D eigenvalue weighted by molar-refractivity contribution is -0.135. The van der Waals surface area contributed by atoms with Crippen LogP contribution < -0.4 is 4.90 Å². The molecule has 1 aromatic heterocycles. The second kappa shape index (κ2) is 6.81. The average Bonchev–Trinajstić information content (AvgIpc) is 3.22. The van der Waals surface area contributed by atoms with Crippen LogP contribution in [0.3, 0.4) is 0 Å². The van der Waals surface area contributed by atoms with Crippen LogP contribution in [-0.2, 0) is 9.63 Å². The molecule has 26 heavy (non-hydrogen) atoms. The average molecular weight is 364 g/mol. The number of piperidine rings is 1. The monoisotopic (exact) mass is 364 g/mol. The fourth-order valence-electron chi connectivity index (χ4n) is 4.03. The van der Waals surface area contributed by atoms with Crippen LogP contribution in [0.1, 0.15) is 18.4 Å². The molecular formula is C18H22F2N4O2. The van der Waals surface area contributed by atoms with Crippen molar-refractivity contribution in [1.82, 2.24) is 9.88 Å². The van der Waals surface area contributed by atoms with Crippen molar-refractivity contribution in [3.8, 4) is 0 Å². The van der Waals surface area contributed by atoms with Crippen molar-refractivity contribution in [2.75, 3.05) is 31.1 Å². The van der Waals surface area contributed by atoms with Crippen LogP contribution in [0.2, 0.25) is 0 Å². The largest absolute Gasteiger partial charge is 0.390 e. The molecule has 4 heterocycles. The fraction of sp³-hybridized carbons (Fsp3) is 0.611. The molecule has 6 nitrogen and oxygen atoms in total. The van der Waals surface area contributed by atoms with Crippen molar-refractivity contribution in [2.45, 2.75) is 32.3 Å². The molecule has 0 spiro atoms. The van der Waals surface area contributed by atoms with Gasteiger partial charge in [0.1, 0.15) is 11.5 Å². The number of rotatable bonds is 3. The number of fused-ring (bicyclic) bond motifs is 1. The number of pyridine rings is 1. The van der Waals surface area contributed by atoms with Gasteiger partial charge in [-0.15, -0.1) is 0 Å². The van der Waals surface area contributed by atoms with E-state index in [0.29, 0.717) is 13.1 Å². The van der Waals surface area contributed by atoms with Gasteiger partial charge in [0, 0.05) is 25.8 Å². The van der Waals surface area contributed by atoms with Gasteiger partial charge in [-0.05, 0) is 31.4 Å². The van der Waals surface area contributed by atoms with E-state index >= 15 is 0 Å². The van der Waals surface area contributed by atoms with E-state index in [0.717, 1.165) is 30.8 Å². The van der Waals surface area contributed by atoms with Crippen molar-refractivity contribution in [2.24, 2.45) is 17.0 Å². The summed E-state index contributed by atoms with van der Waals surface area (Å²) in [5.41, 5.74) is 0.873. The molecular weight excluding hydrogens is 342 g/mol. The van der Waals surface area contributed by atoms with Crippen molar-refractivity contribution < 1.29 is 18.4 Å². The summed E-state index contributed by atoms with van der Waals surface area (Å²) >= 11 is 0. The summed E-state index contributed by atoms with van der Waals surface area (Å²) in [6.45, 7) is 4.07. The van der Waals surface area contributed by atoms with Gasteiger partial charge in [-0.25, -0.2) is 13.8 Å². The number of halogens is 2. The molecule has 4 rings (SSSR count). The van der Waals surface area contributed by atoms with Crippen molar-refractivity contribution >= 4 is 17.4 Å². The van der Waals surface area contributed by atoms with Crippen LogP contribution in [0.15, 0.2) is 23.5 Å². The third-order valence-electron chi connectivity index (χ3n) is 5.47. The SMILES string of the molecule is Cc1ccc(N2CCCC(C(=O)N3CC4ON=C(C(F)F)C4C3)C2)nc1. The van der Waals surface area contributed by atoms with Crippen LogP contribution in [0.5, 0.6) is 0 Å². The van der Waals surface area contributed by atoms with E-state index in [1.165, 1.54) is 0 Å². The van der Waals surface area contributed by atoms with Gasteiger partial charge >= 0.3 is 0 Å². The summed E-state index contributed by atoms with van der Waals surface area (Å²) in [5.74, 6) is 0.283. The maximum absolute atomic E-state index is 13.0. The maximum Gasteiger partial charge on any atom is 0.280 e. The number of anilines is 1. The predicted molar refractivity (Wildman–Crippen MR) is 92.3 cm³/mol. The van der Waals surface area contributed by atoms with Gasteiger partial charge in [0.2, 0.25) is 5.91 Å². The number of hydrogen-bond acceptors (Lipinski definition) is 5. The van der Waals surface area contributed by atoms with Gasteiger partial charge in [0.25, 0.3) is 6.43 Å². The van der Waals surface area contributed by atoms with E-state index in [1.807, 2.05) is 25.3 Å². The lowest BCUT2D eigenvalue weighted by atomic mass is 9.96. The number of amides is 1. The van der Waals surface area contributed by atoms with E-state index in [2.05, 4.69) is 15.0 Å². The Balaban J connectivity index is 1.41. The van der Waals surface area contributed by atoms with Gasteiger partial charge in [-0.3, -0.25) is 4.79 Å². The van der Waals surface area contributed by atoms with Gasteiger partial charge in [0.05, 0.1) is 18.4 Å². The number of hydrogen-bond donors (Lipinski definition) is 0. The minimum atomic E-state index is -2.63. The number of carbonyl (C=O) groups is 1. The van der Waals surface area contributed by atoms with Crippen molar-refractivity contribution in [3.63, 3.8) is 0 Å². The van der Waals surface area contributed by atoms with E-state index in [-0.39, 0.29) is 24.1 Å². The molecule has 3 aliphatic rings. The number of carbonyl (C=O) groups excluding carboxylic acids is 1. The first-order valence-corrected chi connectivity index (χ1v) is 9.01. The number of aromatic nitrogens is 1. The molecule has 0 aliphatic carbocycles. The topological polar surface area (TPSA) is 58.0 Å². The second-order valence-electron chi connectivity index (χ2n) is 7.29. The molecule has 0 aromatic carbocycles. The van der Waals surface area contributed by atoms with Crippen LogP contribution in [0.25, 0.3) is 0 Å². The van der Waals surface area contributed by atoms with Crippen LogP contribution in [0.4, 0.5) is 14.6 Å². The highest BCUT2D eigenvalue weighted by atomic mass is 19.3. The molecule has 140 valence electrons. The summed E-state index contributed by atoms with van der Waals surface area (Å²) in [5, 5.41) is 3.50. The Labute approximate surface area is 150 Å². The Morgan fingerprint density at radius 3 is 2.88 bits per heavy atom. The van der Waals surface area contributed by atoms with Crippen molar-refractivity contribution in [1.29, 1.82) is 0 Å². The second-order valence-corrected chi connectivity index (χ2v) is 7.29. The standard InChI is InChI=1S/C18H22F2N4O2/c1-11-4-5-15(21-7-11)23-6-2-3-12(8-23)18(25)24-9-13-14(10-24)26-22-16(13)17(19)20/h4-5,7,12-14,17H,2-3,6,8-10H2,1H3. The molecule has 3 unspecified atom stereocenters. The Kier molecular flexibility index (Phi) is 4.50. The summed E-state index contributed by atoms with van der Waals surface area (Å²) < 4.78 is 26.0. The van der Waals surface area contributed by atoms with E-state index in [1.54, 1.807) is 4.90 Å². The molecule has 0 saturated carbocycles. The Hall–Kier alpha value is -2.25. The summed E-state index contributed by atoms with van der Waals surface area (Å²) in [4.78, 5) is 26.3. The van der Waals surface area contributed by atoms with E-state index < -0.39 is 18.4 Å². The zero-order valence-electron chi connectivity index (χ0n) is 14.6. The van der Waals surface area contributed by atoms with E-state index in [9.17, 15) is 13.6 Å². The van der Waals surface area contributed by atoms with Crippen LogP contribution >= 0.6 is 0 Å². The maximum atomic E-state index is 13.0. The van der Waals surface area contributed by atoms with Crippen molar-refractivity contribution in [3.05, 3.63) is 23.9 Å². The first-order valence-electron chi connectivity index (χ1n) is 9.01. The molecule has 2 fully saturated rings. The molecule has 3 atom stereocenters. The third-order valence-corrected chi connectivity index (χ3v) is 5.47. The molecule has 1 amide bonds. The molecule has 1 aromatic rings. The fourth-order valence-corrected chi connectivity index (χ4v) is 4.03. The number of nitrogens with zero attached hydrogens (tertiary/aromatic N) is 4. The molecule has 3 aliphatic heterocycles. The van der Waals surface area contributed by atoms with Gasteiger partial charge in [-0.2, -0.15) is 0 Å². The van der Waals surface area contributed by atoms with Gasteiger partial charge in [-0.1, -0.05) is 11.2 Å². The lowest BCUT2D eigenvalue weighted by Crippen LogP contribution is -2.45. The van der Waals surface area contributed by atoms with Gasteiger partial charge in [0.15, 0.2) is 6.10 Å².